The van der Waals surface area contributed by atoms with Crippen molar-refractivity contribution in [2.75, 3.05) is 105 Å². The second-order valence-electron chi connectivity index (χ2n) is 34.1. The SMILES string of the molecule is CCCCCOc1ccc(CN2C[C@H](O)[C@@H](O)[C@H](O)[C@H]2CO)cc1.CCCCOc1ccc(CN2C[C@H](O)[C@@H](O)[C@H](O)[C@H]2CO)cc1.Cc1ccc(C(C#N)N2C[C@H](O)[C@@H](O)[C@H](O)[C@H]2CO)cc1.Cc1ccc(CN2C[C@H](O)[C@@H](O)[C@H](O)[C@H]2CO)cc1.Cc1ccc(CN2C[C@H](O)[C@@H](O)[C@H](O)[C@H]2CO)cc1.OC[C@@H]1[C@@H](O)[C@H](O)[C@@H](O)CN1Cc1ccc2c(c1)OCCO2. The van der Waals surface area contributed by atoms with E-state index < -0.39 is 159 Å². The number of piperidine rings is 6. The van der Waals surface area contributed by atoms with E-state index >= 15 is 0 Å². The molecule has 714 valence electrons. The van der Waals surface area contributed by atoms with Crippen molar-refractivity contribution in [1.82, 2.24) is 29.4 Å². The summed E-state index contributed by atoms with van der Waals surface area (Å²) in [6.45, 7) is 14.4. The van der Waals surface area contributed by atoms with Crippen LogP contribution in [0.4, 0.5) is 0 Å². The van der Waals surface area contributed by atoms with E-state index in [4.69, 9.17) is 18.9 Å². The van der Waals surface area contributed by atoms with Gasteiger partial charge in [0, 0.05) is 72.0 Å². The Morgan fingerprint density at radius 3 is 0.891 bits per heavy atom. The Kier molecular flexibility index (Phi) is 43.9. The highest BCUT2D eigenvalue weighted by Crippen LogP contribution is 2.35. The first-order valence-corrected chi connectivity index (χ1v) is 44.0. The molecular weight excluding hydrogens is 1660 g/mol. The molecule has 0 saturated carbocycles. The summed E-state index contributed by atoms with van der Waals surface area (Å²) in [5.74, 6) is 3.00. The molecule has 0 radical (unpaired) electrons. The first-order chi connectivity index (χ1) is 61.3. The second kappa shape index (κ2) is 52.9. The van der Waals surface area contributed by atoms with Crippen LogP contribution in [0.15, 0.2) is 140 Å². The van der Waals surface area contributed by atoms with Crippen LogP contribution >= 0.6 is 0 Å². The van der Waals surface area contributed by atoms with Crippen LogP contribution in [0.25, 0.3) is 0 Å². The standard InChI is InChI=1S/C18H29NO5.C17H27NO5.C15H20N2O4.C15H21NO6.2C14H21NO4/c1-2-3-4-9-24-14-7-5-13(6-8-14)10-19-11-16(21)18(23)17(22)15(19)12-20;1-2-3-8-23-13-6-4-12(5-7-13)9-18-10-15(20)17(22)16(21)14(18)11-19;1-9-2-4-10(5-3-9)11(6-16)17-7-13(19)15(21)14(20)12(17)8-18;17-8-10-14(19)15(20)11(18)7-16(10)6-9-1-2-12-13(5-9)22-4-3-21-12;2*1-9-2-4-10(5-3-9)6-15-7-12(17)14(19)13(18)11(15)8-16/h5-8,15-18,20-23H,2-4,9-12H2,1H3;4-7,14-17,19-22H,2-3,8-11H2,1H3;2-5,11-15,18-21H,7-8H2,1H3;1-2,5,10-11,14-15,17-20H,3-4,6-8H2;2*2-5,11-14,16-19H,6-8H2,1H3/t15-,16+,17-,18-;14-,15+,16-,17-;11?,12-,13+,14-,15-;10-,11+,14-,15-;2*11-,12+,13-,14-/m111111/s1. The maximum atomic E-state index is 10.0. The lowest BCUT2D eigenvalue weighted by molar-refractivity contribution is -0.150. The smallest absolute Gasteiger partial charge is 0.161 e. The Morgan fingerprint density at radius 2 is 0.586 bits per heavy atom. The van der Waals surface area contributed by atoms with Crippen LogP contribution in [0.3, 0.4) is 0 Å². The molecule has 24 N–H and O–H groups in total. The van der Waals surface area contributed by atoms with Crippen molar-refractivity contribution in [1.29, 1.82) is 5.26 Å². The third-order valence-corrected chi connectivity index (χ3v) is 24.5. The molecule has 7 heterocycles. The van der Waals surface area contributed by atoms with Crippen LogP contribution in [0.5, 0.6) is 23.0 Å². The van der Waals surface area contributed by atoms with E-state index in [9.17, 15) is 128 Å². The number of hydrogen-bond acceptors (Lipinski definition) is 35. The molecule has 6 aromatic carbocycles. The summed E-state index contributed by atoms with van der Waals surface area (Å²) in [5.41, 5.74) is 9.08. The van der Waals surface area contributed by atoms with Crippen LogP contribution in [-0.4, -0.2) is 403 Å². The average molecular weight is 1800 g/mol. The van der Waals surface area contributed by atoms with Crippen molar-refractivity contribution in [3.63, 3.8) is 0 Å². The normalized spacial score (nSPS) is 30.8. The molecule has 0 spiro atoms. The number of nitrogens with zero attached hydrogens (tertiary/aromatic N) is 7. The number of ether oxygens (including phenoxy) is 4. The predicted octanol–water partition coefficient (Wildman–Crippen LogP) is -2.82. The quantitative estimate of drug-likeness (QED) is 0.0231. The molecule has 128 heavy (non-hydrogen) atoms. The lowest BCUT2D eigenvalue weighted by Gasteiger charge is -2.44. The molecule has 0 bridgehead atoms. The third kappa shape index (κ3) is 29.7. The monoisotopic (exact) mass is 1800 g/mol. The Labute approximate surface area is 748 Å². The highest BCUT2D eigenvalue weighted by molar-refractivity contribution is 5.44. The van der Waals surface area contributed by atoms with Crippen LogP contribution < -0.4 is 18.9 Å². The van der Waals surface area contributed by atoms with Gasteiger partial charge in [0.2, 0.25) is 0 Å². The van der Waals surface area contributed by atoms with Gasteiger partial charge in [0.1, 0.15) is 104 Å². The van der Waals surface area contributed by atoms with Crippen molar-refractivity contribution in [2.24, 2.45) is 0 Å². The van der Waals surface area contributed by atoms with Gasteiger partial charge in [-0.25, -0.2) is 0 Å². The summed E-state index contributed by atoms with van der Waals surface area (Å²) < 4.78 is 22.3. The highest BCUT2D eigenvalue weighted by atomic mass is 16.6. The molecule has 7 aliphatic heterocycles. The molecule has 6 fully saturated rings. The average Bonchev–Trinajstić information content (AvgIpc) is 0.798. The minimum absolute atomic E-state index is 0.00948. The fraction of sp³-hybridized carbons (Fsp3) is 0.602. The van der Waals surface area contributed by atoms with Gasteiger partial charge in [0.25, 0.3) is 0 Å². The number of aliphatic hydroxyl groups excluding tert-OH is 24. The van der Waals surface area contributed by atoms with E-state index in [0.717, 1.165) is 93.7 Å². The van der Waals surface area contributed by atoms with Gasteiger partial charge in [0.05, 0.1) is 132 Å². The Bertz CT molecular complexity index is 4080. The van der Waals surface area contributed by atoms with Crippen molar-refractivity contribution in [3.8, 4) is 29.1 Å². The Hall–Kier alpha value is -7.19. The lowest BCUT2D eigenvalue weighted by Crippen LogP contribution is -2.62. The van der Waals surface area contributed by atoms with Gasteiger partial charge in [-0.15, -0.1) is 0 Å². The van der Waals surface area contributed by atoms with E-state index in [-0.39, 0.29) is 72.3 Å². The molecule has 1 unspecified atom stereocenters. The van der Waals surface area contributed by atoms with Gasteiger partial charge in [-0.1, -0.05) is 153 Å². The van der Waals surface area contributed by atoms with Crippen LogP contribution in [0, 0.1) is 32.1 Å². The number of aryl methyl sites for hydroxylation is 3. The first-order valence-electron chi connectivity index (χ1n) is 44.0. The predicted molar refractivity (Wildman–Crippen MR) is 470 cm³/mol. The van der Waals surface area contributed by atoms with Crippen LogP contribution in [0.1, 0.15) is 102 Å². The summed E-state index contributed by atoms with van der Waals surface area (Å²) in [4.78, 5) is 10.5. The number of benzene rings is 6. The van der Waals surface area contributed by atoms with E-state index in [1.54, 1.807) is 36.6 Å². The fourth-order valence-corrected chi connectivity index (χ4v) is 16.5. The van der Waals surface area contributed by atoms with Crippen molar-refractivity contribution in [3.05, 3.63) is 190 Å². The zero-order valence-corrected chi connectivity index (χ0v) is 73.6. The molecule has 0 amide bonds. The maximum Gasteiger partial charge on any atom is 0.161 e. The van der Waals surface area contributed by atoms with E-state index in [2.05, 4.69) is 19.9 Å². The van der Waals surface area contributed by atoms with Crippen LogP contribution in [0.2, 0.25) is 0 Å². The van der Waals surface area contributed by atoms with E-state index in [1.165, 1.54) is 4.90 Å². The van der Waals surface area contributed by atoms with Crippen molar-refractivity contribution >= 4 is 0 Å². The van der Waals surface area contributed by atoms with Crippen LogP contribution in [-0.2, 0) is 32.7 Å². The largest absolute Gasteiger partial charge is 0.494 e. The van der Waals surface area contributed by atoms with Gasteiger partial charge in [-0.3, -0.25) is 29.4 Å². The van der Waals surface area contributed by atoms with E-state index in [0.29, 0.717) is 70.7 Å². The fourth-order valence-electron chi connectivity index (χ4n) is 16.5. The number of nitriles is 1. The molecular formula is C93H139N7O28. The van der Waals surface area contributed by atoms with Crippen molar-refractivity contribution < 1.29 is 142 Å². The van der Waals surface area contributed by atoms with Gasteiger partial charge >= 0.3 is 0 Å². The number of fused-ring (bicyclic) bond motifs is 1. The summed E-state index contributed by atoms with van der Waals surface area (Å²) in [7, 11) is 0. The molecule has 13 rings (SSSR count). The molecule has 6 aromatic rings. The molecule has 6 saturated heterocycles. The molecule has 0 aliphatic carbocycles. The minimum atomic E-state index is -1.32. The number of rotatable bonds is 27. The Balaban J connectivity index is 0.000000190. The summed E-state index contributed by atoms with van der Waals surface area (Å²) >= 11 is 0. The zero-order valence-electron chi connectivity index (χ0n) is 73.6. The van der Waals surface area contributed by atoms with Gasteiger partial charge in [0.15, 0.2) is 11.5 Å². The van der Waals surface area contributed by atoms with Gasteiger partial charge < -0.3 is 142 Å². The summed E-state index contributed by atoms with van der Waals surface area (Å²) in [5, 5.41) is 243. The molecule has 35 nitrogen and oxygen atoms in total. The molecule has 25 atom stereocenters. The van der Waals surface area contributed by atoms with Crippen molar-refractivity contribution in [2.45, 2.75) is 252 Å². The number of aliphatic hydroxyl groups is 24. The topological polar surface area (TPSA) is 566 Å². The lowest BCUT2D eigenvalue weighted by atomic mass is 9.91. The number of likely N-dealkylation sites (tertiary alicyclic amines) is 6. The molecule has 35 heteroatoms. The second-order valence-corrected chi connectivity index (χ2v) is 34.1. The minimum Gasteiger partial charge on any atom is -0.494 e. The number of β-amino-alcohol motifs (C(OH)–C–C–N with tert-alkyl or cyclic N) is 6. The highest BCUT2D eigenvalue weighted by Gasteiger charge is 2.48. The van der Waals surface area contributed by atoms with Gasteiger partial charge in [-0.2, -0.15) is 5.26 Å². The summed E-state index contributed by atoms with van der Waals surface area (Å²) in [6.07, 6.45) is -15.3. The van der Waals surface area contributed by atoms with E-state index in [1.807, 2.05) is 148 Å². The molecule has 7 aliphatic rings. The Morgan fingerprint density at radius 1 is 0.320 bits per heavy atom. The number of unbranched alkanes of at least 4 members (excludes halogenated alkanes) is 3. The summed E-state index contributed by atoms with van der Waals surface area (Å²) in [6, 6.07) is 41.9. The maximum absolute atomic E-state index is 10.0. The van der Waals surface area contributed by atoms with Gasteiger partial charge in [-0.05, 0) is 103 Å². The first kappa shape index (κ1) is 106. The number of hydrogen-bond donors (Lipinski definition) is 24. The molecule has 0 aromatic heterocycles. The zero-order chi connectivity index (χ0) is 93.6. The third-order valence-electron chi connectivity index (χ3n) is 24.5.